The van der Waals surface area contributed by atoms with E-state index in [1.165, 1.54) is 0 Å². The number of urea groups is 1. The number of hydrogen-bond acceptors (Lipinski definition) is 4. The number of Topliss-reactive ketones (excluding diaryl/α,β-unsaturated/α-hetero) is 1. The summed E-state index contributed by atoms with van der Waals surface area (Å²) in [4.78, 5) is 42.8. The molecule has 7 heteroatoms. The maximum Gasteiger partial charge on any atom is 0.321 e. The fourth-order valence-electron chi connectivity index (χ4n) is 3.90. The molecule has 7 nitrogen and oxygen atoms in total. The molecule has 0 spiro atoms. The van der Waals surface area contributed by atoms with Crippen molar-refractivity contribution < 1.29 is 19.1 Å². The van der Waals surface area contributed by atoms with E-state index in [0.717, 1.165) is 10.9 Å². The Balaban J connectivity index is 1.36. The normalized spacial score (nSPS) is 17.2. The van der Waals surface area contributed by atoms with E-state index in [4.69, 9.17) is 4.74 Å². The van der Waals surface area contributed by atoms with Crippen molar-refractivity contribution in [3.8, 4) is 0 Å². The van der Waals surface area contributed by atoms with E-state index in [-0.39, 0.29) is 18.4 Å². The Kier molecular flexibility index (Phi) is 6.02. The van der Waals surface area contributed by atoms with Gasteiger partial charge < -0.3 is 19.9 Å². The Bertz CT molecular complexity index is 1090. The van der Waals surface area contributed by atoms with Crippen molar-refractivity contribution in [1.29, 1.82) is 0 Å². The number of aromatic amines is 1. The molecule has 0 radical (unpaired) electrons. The molecule has 1 aromatic heterocycles. The Labute approximate surface area is 180 Å². The number of rotatable bonds is 5. The number of carbonyl (C=O) groups is 3. The average molecular weight is 419 g/mol. The second-order valence-electron chi connectivity index (χ2n) is 7.77. The number of H-pyrrole nitrogens is 1. The Morgan fingerprint density at radius 2 is 1.84 bits per heavy atom. The zero-order chi connectivity index (χ0) is 21.8. The maximum atomic E-state index is 12.8. The molecule has 1 aliphatic heterocycles. The summed E-state index contributed by atoms with van der Waals surface area (Å²) in [7, 11) is 0. The second-order valence-corrected chi connectivity index (χ2v) is 7.77. The van der Waals surface area contributed by atoms with E-state index in [9.17, 15) is 14.4 Å². The molecular weight excluding hydrogens is 394 g/mol. The van der Waals surface area contributed by atoms with Crippen molar-refractivity contribution in [3.63, 3.8) is 0 Å². The number of piperidine rings is 1. The van der Waals surface area contributed by atoms with Gasteiger partial charge in [0.25, 0.3) is 0 Å². The number of carbonyl (C=O) groups excluding carboxylic acids is 3. The number of anilines is 1. The van der Waals surface area contributed by atoms with Crippen molar-refractivity contribution >= 4 is 34.4 Å². The van der Waals surface area contributed by atoms with Crippen molar-refractivity contribution in [3.05, 3.63) is 66.4 Å². The van der Waals surface area contributed by atoms with E-state index in [1.807, 2.05) is 54.6 Å². The van der Waals surface area contributed by atoms with Gasteiger partial charge in [-0.25, -0.2) is 4.79 Å². The van der Waals surface area contributed by atoms with Gasteiger partial charge in [0.05, 0.1) is 5.92 Å². The molecule has 2 N–H and O–H groups in total. The average Bonchev–Trinajstić information content (AvgIpc) is 3.23. The molecule has 3 aromatic rings. The number of hydrogen-bond donors (Lipinski definition) is 2. The van der Waals surface area contributed by atoms with E-state index in [0.29, 0.717) is 30.6 Å². The van der Waals surface area contributed by atoms with Crippen LogP contribution in [0.15, 0.2) is 60.8 Å². The van der Waals surface area contributed by atoms with Crippen molar-refractivity contribution in [2.75, 3.05) is 18.4 Å². The van der Waals surface area contributed by atoms with Gasteiger partial charge in [0.1, 0.15) is 0 Å². The second kappa shape index (κ2) is 9.04. The third-order valence-electron chi connectivity index (χ3n) is 5.58. The molecule has 2 amide bonds. The van der Waals surface area contributed by atoms with Gasteiger partial charge in [-0.2, -0.15) is 0 Å². The third-order valence-corrected chi connectivity index (χ3v) is 5.58. The molecule has 1 aliphatic rings. The van der Waals surface area contributed by atoms with Crippen LogP contribution < -0.4 is 5.32 Å². The summed E-state index contributed by atoms with van der Waals surface area (Å²) in [5.74, 6) is -1.15. The van der Waals surface area contributed by atoms with Crippen LogP contribution in [0.2, 0.25) is 0 Å². The topological polar surface area (TPSA) is 91.5 Å². The van der Waals surface area contributed by atoms with Gasteiger partial charge in [-0.15, -0.1) is 0 Å². The lowest BCUT2D eigenvalue weighted by Gasteiger charge is -2.32. The highest BCUT2D eigenvalue weighted by atomic mass is 16.5. The number of nitrogens with zero attached hydrogens (tertiary/aromatic N) is 1. The highest BCUT2D eigenvalue weighted by Gasteiger charge is 2.32. The summed E-state index contributed by atoms with van der Waals surface area (Å²) in [6.07, 6.45) is 2.07. The SMILES string of the molecule is C[C@H](OC(=O)[C@@H]1CCCN(C(=O)Nc2ccccc2)C1)C(=O)c1c[nH]c2ccccc12. The van der Waals surface area contributed by atoms with Crippen LogP contribution in [-0.2, 0) is 9.53 Å². The number of fused-ring (bicyclic) bond motifs is 1. The summed E-state index contributed by atoms with van der Waals surface area (Å²) in [5, 5.41) is 3.65. The Hall–Kier alpha value is -3.61. The van der Waals surface area contributed by atoms with Crippen molar-refractivity contribution in [2.45, 2.75) is 25.9 Å². The number of ketones is 1. The minimum atomic E-state index is -0.903. The highest BCUT2D eigenvalue weighted by molar-refractivity contribution is 6.10. The first-order valence-electron chi connectivity index (χ1n) is 10.4. The molecule has 0 aliphatic carbocycles. The van der Waals surface area contributed by atoms with Crippen LogP contribution in [0.3, 0.4) is 0 Å². The maximum absolute atomic E-state index is 12.8. The van der Waals surface area contributed by atoms with Crippen LogP contribution in [-0.4, -0.2) is 46.9 Å². The molecule has 31 heavy (non-hydrogen) atoms. The first kappa shape index (κ1) is 20.7. The van der Waals surface area contributed by atoms with Gasteiger partial charge in [-0.3, -0.25) is 9.59 Å². The minimum Gasteiger partial charge on any atom is -0.454 e. The first-order chi connectivity index (χ1) is 15.0. The smallest absolute Gasteiger partial charge is 0.321 e. The zero-order valence-electron chi connectivity index (χ0n) is 17.3. The number of nitrogens with one attached hydrogen (secondary N) is 2. The van der Waals surface area contributed by atoms with E-state index >= 15 is 0 Å². The molecule has 160 valence electrons. The number of likely N-dealkylation sites (tertiary alicyclic amines) is 1. The van der Waals surface area contributed by atoms with Crippen LogP contribution in [0.1, 0.15) is 30.1 Å². The van der Waals surface area contributed by atoms with Crippen LogP contribution >= 0.6 is 0 Å². The predicted molar refractivity (Wildman–Crippen MR) is 118 cm³/mol. The molecular formula is C24H25N3O4. The summed E-state index contributed by atoms with van der Waals surface area (Å²) in [6, 6.07) is 16.4. The van der Waals surface area contributed by atoms with Gasteiger partial charge in [0, 0.05) is 41.4 Å². The summed E-state index contributed by atoms with van der Waals surface area (Å²) in [6.45, 7) is 2.43. The molecule has 0 bridgehead atoms. The number of benzene rings is 2. The number of para-hydroxylation sites is 2. The lowest BCUT2D eigenvalue weighted by Crippen LogP contribution is -2.45. The van der Waals surface area contributed by atoms with Crippen LogP contribution in [0.4, 0.5) is 10.5 Å². The Morgan fingerprint density at radius 3 is 2.65 bits per heavy atom. The zero-order valence-corrected chi connectivity index (χ0v) is 17.3. The first-order valence-corrected chi connectivity index (χ1v) is 10.4. The monoisotopic (exact) mass is 419 g/mol. The number of esters is 1. The van der Waals surface area contributed by atoms with E-state index in [1.54, 1.807) is 18.0 Å². The number of ether oxygens (including phenoxy) is 1. The highest BCUT2D eigenvalue weighted by Crippen LogP contribution is 2.23. The molecule has 1 fully saturated rings. The lowest BCUT2D eigenvalue weighted by atomic mass is 9.98. The van der Waals surface area contributed by atoms with Crippen LogP contribution in [0.25, 0.3) is 10.9 Å². The summed E-state index contributed by atoms with van der Waals surface area (Å²) in [5.41, 5.74) is 2.07. The summed E-state index contributed by atoms with van der Waals surface area (Å²) < 4.78 is 5.51. The standard InChI is InChI=1S/C24H25N3O4/c1-16(22(28)20-14-25-21-12-6-5-11-19(20)21)31-23(29)17-8-7-13-27(15-17)24(30)26-18-9-3-2-4-10-18/h2-6,9-12,14,16-17,25H,7-8,13,15H2,1H3,(H,26,30)/t16-,17+/m0/s1. The molecule has 2 heterocycles. The fourth-order valence-corrected chi connectivity index (χ4v) is 3.90. The van der Waals surface area contributed by atoms with Gasteiger partial charge in [-0.1, -0.05) is 36.4 Å². The quantitative estimate of drug-likeness (QED) is 0.478. The molecule has 2 aromatic carbocycles. The fraction of sp³-hybridized carbons (Fsp3) is 0.292. The van der Waals surface area contributed by atoms with Crippen LogP contribution in [0, 0.1) is 5.92 Å². The molecule has 0 unspecified atom stereocenters. The van der Waals surface area contributed by atoms with Crippen molar-refractivity contribution in [1.82, 2.24) is 9.88 Å². The van der Waals surface area contributed by atoms with Gasteiger partial charge in [0.2, 0.25) is 5.78 Å². The van der Waals surface area contributed by atoms with Crippen molar-refractivity contribution in [2.24, 2.45) is 5.92 Å². The number of aromatic nitrogens is 1. The van der Waals surface area contributed by atoms with E-state index < -0.39 is 18.0 Å². The minimum absolute atomic E-state index is 0.244. The predicted octanol–water partition coefficient (Wildman–Crippen LogP) is 4.23. The van der Waals surface area contributed by atoms with Gasteiger partial charge in [0.15, 0.2) is 6.10 Å². The molecule has 2 atom stereocenters. The largest absolute Gasteiger partial charge is 0.454 e. The summed E-state index contributed by atoms with van der Waals surface area (Å²) >= 11 is 0. The Morgan fingerprint density at radius 1 is 1.10 bits per heavy atom. The van der Waals surface area contributed by atoms with E-state index in [2.05, 4.69) is 10.3 Å². The number of amides is 2. The van der Waals surface area contributed by atoms with Crippen LogP contribution in [0.5, 0.6) is 0 Å². The molecule has 1 saturated heterocycles. The molecule has 4 rings (SSSR count). The van der Waals surface area contributed by atoms with Gasteiger partial charge >= 0.3 is 12.0 Å². The van der Waals surface area contributed by atoms with Gasteiger partial charge in [-0.05, 0) is 38.0 Å². The third kappa shape index (κ3) is 4.60. The lowest BCUT2D eigenvalue weighted by molar-refractivity contribution is -0.152. The molecule has 0 saturated carbocycles.